The predicted molar refractivity (Wildman–Crippen MR) is 108 cm³/mol. The average Bonchev–Trinajstić information content (AvgIpc) is 3.12. The highest BCUT2D eigenvalue weighted by Gasteiger charge is 2.57. The molecule has 0 bridgehead atoms. The topological polar surface area (TPSA) is 74.8 Å². The lowest BCUT2D eigenvalue weighted by Gasteiger charge is -2.50. The van der Waals surface area contributed by atoms with Crippen molar-refractivity contribution in [1.82, 2.24) is 20.1 Å². The van der Waals surface area contributed by atoms with E-state index in [9.17, 15) is 9.59 Å². The highest BCUT2D eigenvalue weighted by molar-refractivity contribution is 5.95. The maximum Gasteiger partial charge on any atom is 0.255 e. The van der Waals surface area contributed by atoms with Gasteiger partial charge in [0.15, 0.2) is 0 Å². The van der Waals surface area contributed by atoms with Crippen LogP contribution in [0.4, 0.5) is 0 Å². The van der Waals surface area contributed by atoms with E-state index in [0.717, 1.165) is 13.1 Å². The molecule has 0 aliphatic carbocycles. The van der Waals surface area contributed by atoms with Gasteiger partial charge in [0.2, 0.25) is 11.8 Å². The highest BCUT2D eigenvalue weighted by atomic mass is 16.5. The van der Waals surface area contributed by atoms with Gasteiger partial charge in [-0.3, -0.25) is 14.5 Å². The molecule has 2 aliphatic heterocycles. The van der Waals surface area contributed by atoms with Crippen LogP contribution in [0.25, 0.3) is 0 Å². The van der Waals surface area contributed by atoms with Crippen molar-refractivity contribution >= 4 is 11.8 Å². The number of hydrogen-bond acceptors (Lipinski definition) is 5. The Bertz CT molecular complexity index is 879. The molecule has 2 aliphatic rings. The molecule has 4 rings (SSSR count). The maximum atomic E-state index is 12.8. The zero-order chi connectivity index (χ0) is 20.4. The number of carbonyl (C=O) groups excluding carboxylic acids is 2. The van der Waals surface area contributed by atoms with Crippen molar-refractivity contribution in [3.05, 3.63) is 59.8 Å². The summed E-state index contributed by atoms with van der Waals surface area (Å²) in [5, 5.41) is 2.81. The van der Waals surface area contributed by atoms with Crippen molar-refractivity contribution in [3.8, 4) is 5.88 Å². The summed E-state index contributed by atoms with van der Waals surface area (Å²) < 4.78 is 5.05. The number of aromatic nitrogens is 1. The second kappa shape index (κ2) is 7.83. The summed E-state index contributed by atoms with van der Waals surface area (Å²) in [7, 11) is 3.23. The van der Waals surface area contributed by atoms with Crippen LogP contribution in [0, 0.1) is 11.3 Å². The number of nitrogens with zero attached hydrogens (tertiary/aromatic N) is 3. The Morgan fingerprint density at radius 1 is 1.17 bits per heavy atom. The van der Waals surface area contributed by atoms with Gasteiger partial charge in [0.25, 0.3) is 5.91 Å². The van der Waals surface area contributed by atoms with Crippen molar-refractivity contribution in [2.45, 2.75) is 6.54 Å². The molecule has 2 fully saturated rings. The minimum Gasteiger partial charge on any atom is -0.481 e. The first-order valence-corrected chi connectivity index (χ1v) is 9.82. The molecule has 1 aromatic carbocycles. The fourth-order valence-electron chi connectivity index (χ4n) is 4.56. The molecule has 1 N–H and O–H groups in total. The van der Waals surface area contributed by atoms with Crippen molar-refractivity contribution < 1.29 is 14.3 Å². The molecule has 2 saturated heterocycles. The Kier molecular flexibility index (Phi) is 5.24. The van der Waals surface area contributed by atoms with Crippen LogP contribution in [0.1, 0.15) is 15.9 Å². The van der Waals surface area contributed by atoms with Crippen LogP contribution in [0.5, 0.6) is 5.88 Å². The summed E-state index contributed by atoms with van der Waals surface area (Å²) in [4.78, 5) is 33.6. The van der Waals surface area contributed by atoms with E-state index < -0.39 is 0 Å². The number of pyridine rings is 1. The van der Waals surface area contributed by atoms with E-state index >= 15 is 0 Å². The number of likely N-dealkylation sites (tertiary alicyclic amines) is 2. The molecule has 1 spiro atoms. The van der Waals surface area contributed by atoms with E-state index in [1.165, 1.54) is 5.56 Å². The molecule has 1 unspecified atom stereocenters. The van der Waals surface area contributed by atoms with Crippen molar-refractivity contribution in [2.75, 3.05) is 40.3 Å². The minimum absolute atomic E-state index is 0.0528. The van der Waals surface area contributed by atoms with E-state index in [0.29, 0.717) is 31.1 Å². The molecule has 29 heavy (non-hydrogen) atoms. The lowest BCUT2D eigenvalue weighted by molar-refractivity contribution is -0.130. The Hall–Kier alpha value is -2.93. The lowest BCUT2D eigenvalue weighted by atomic mass is 9.71. The maximum absolute atomic E-state index is 12.8. The zero-order valence-electron chi connectivity index (χ0n) is 16.8. The van der Waals surface area contributed by atoms with Gasteiger partial charge < -0.3 is 15.0 Å². The first-order chi connectivity index (χ1) is 14.0. The third-order valence-corrected chi connectivity index (χ3v) is 6.02. The van der Waals surface area contributed by atoms with Crippen LogP contribution >= 0.6 is 0 Å². The van der Waals surface area contributed by atoms with Crippen LogP contribution in [0.15, 0.2) is 48.7 Å². The van der Waals surface area contributed by atoms with Gasteiger partial charge in [-0.05, 0) is 11.6 Å². The predicted octanol–water partition coefficient (Wildman–Crippen LogP) is 1.41. The zero-order valence-corrected chi connectivity index (χ0v) is 16.8. The van der Waals surface area contributed by atoms with Gasteiger partial charge in [-0.25, -0.2) is 4.98 Å². The van der Waals surface area contributed by atoms with E-state index in [-0.39, 0.29) is 23.1 Å². The van der Waals surface area contributed by atoms with Gasteiger partial charge in [-0.15, -0.1) is 0 Å². The summed E-state index contributed by atoms with van der Waals surface area (Å²) in [6, 6.07) is 13.7. The second-order valence-electron chi connectivity index (χ2n) is 7.93. The Balaban J connectivity index is 1.45. The van der Waals surface area contributed by atoms with Gasteiger partial charge in [0.1, 0.15) is 0 Å². The molecule has 1 aromatic heterocycles. The van der Waals surface area contributed by atoms with E-state index in [4.69, 9.17) is 4.74 Å². The van der Waals surface area contributed by atoms with Crippen LogP contribution < -0.4 is 10.1 Å². The van der Waals surface area contributed by atoms with Crippen molar-refractivity contribution in [1.29, 1.82) is 0 Å². The molecular weight excluding hydrogens is 368 g/mol. The quantitative estimate of drug-likeness (QED) is 0.830. The SMILES string of the molecule is CNC(=O)C1CN(Cc2ccccc2)CC12CN(C(=O)c1ccc(OC)nc1)C2. The molecule has 7 heteroatoms. The van der Waals surface area contributed by atoms with Gasteiger partial charge in [0, 0.05) is 57.4 Å². The standard InChI is InChI=1S/C22H26N4O3/c1-23-20(27)18-12-25(11-16-6-4-3-5-7-16)13-22(18)14-26(15-22)21(28)17-8-9-19(29-2)24-10-17/h3-10,18H,11-15H2,1-2H3,(H,23,27). The number of rotatable bonds is 5. The van der Waals surface area contributed by atoms with E-state index in [1.54, 1.807) is 32.5 Å². The molecule has 2 aromatic rings. The number of ether oxygens (including phenoxy) is 1. The van der Waals surface area contributed by atoms with Crippen molar-refractivity contribution in [3.63, 3.8) is 0 Å². The summed E-state index contributed by atoms with van der Waals surface area (Å²) in [5.74, 6) is 0.365. The number of carbonyl (C=O) groups is 2. The summed E-state index contributed by atoms with van der Waals surface area (Å²) in [6.45, 7) is 3.50. The van der Waals surface area contributed by atoms with Crippen LogP contribution in [0.3, 0.4) is 0 Å². The summed E-state index contributed by atoms with van der Waals surface area (Å²) in [5.41, 5.74) is 1.58. The highest BCUT2D eigenvalue weighted by Crippen LogP contribution is 2.45. The smallest absolute Gasteiger partial charge is 0.255 e. The van der Waals surface area contributed by atoms with E-state index in [2.05, 4.69) is 27.3 Å². The third kappa shape index (κ3) is 3.70. The van der Waals surface area contributed by atoms with Gasteiger partial charge in [0.05, 0.1) is 18.6 Å². The minimum atomic E-state index is -0.190. The van der Waals surface area contributed by atoms with Gasteiger partial charge in [-0.2, -0.15) is 0 Å². The summed E-state index contributed by atoms with van der Waals surface area (Å²) in [6.07, 6.45) is 1.54. The molecular formula is C22H26N4O3. The first-order valence-electron chi connectivity index (χ1n) is 9.82. The lowest BCUT2D eigenvalue weighted by Crippen LogP contribution is -2.63. The molecule has 3 heterocycles. The Morgan fingerprint density at radius 2 is 1.93 bits per heavy atom. The molecule has 0 radical (unpaired) electrons. The number of methoxy groups -OCH3 is 1. The molecule has 152 valence electrons. The van der Waals surface area contributed by atoms with Gasteiger partial charge in [-0.1, -0.05) is 30.3 Å². The normalized spacial score (nSPS) is 20.3. The fourth-order valence-corrected chi connectivity index (χ4v) is 4.56. The number of benzene rings is 1. The first kappa shape index (κ1) is 19.4. The summed E-state index contributed by atoms with van der Waals surface area (Å²) >= 11 is 0. The largest absolute Gasteiger partial charge is 0.481 e. The van der Waals surface area contributed by atoms with Crippen LogP contribution in [0.2, 0.25) is 0 Å². The van der Waals surface area contributed by atoms with Crippen LogP contribution in [-0.4, -0.2) is 66.9 Å². The monoisotopic (exact) mass is 394 g/mol. The number of nitrogens with one attached hydrogen (secondary N) is 1. The van der Waals surface area contributed by atoms with Gasteiger partial charge >= 0.3 is 0 Å². The third-order valence-electron chi connectivity index (χ3n) is 6.02. The average molecular weight is 394 g/mol. The van der Waals surface area contributed by atoms with Crippen LogP contribution in [-0.2, 0) is 11.3 Å². The molecule has 0 saturated carbocycles. The van der Waals surface area contributed by atoms with E-state index in [1.807, 2.05) is 23.1 Å². The number of amides is 2. The second-order valence-corrected chi connectivity index (χ2v) is 7.93. The van der Waals surface area contributed by atoms with Crippen molar-refractivity contribution in [2.24, 2.45) is 11.3 Å². The Labute approximate surface area is 170 Å². The number of hydrogen-bond donors (Lipinski definition) is 1. The Morgan fingerprint density at radius 3 is 2.55 bits per heavy atom. The molecule has 7 nitrogen and oxygen atoms in total. The molecule has 1 atom stereocenters. The fraction of sp³-hybridized carbons (Fsp3) is 0.409. The molecule has 2 amide bonds.